The Kier molecular flexibility index (Phi) is 5.51. The molecule has 0 aromatic heterocycles. The van der Waals surface area contributed by atoms with Crippen molar-refractivity contribution in [2.24, 2.45) is 5.73 Å². The first-order chi connectivity index (χ1) is 9.52. The molecule has 2 aromatic carbocycles. The van der Waals surface area contributed by atoms with Crippen LogP contribution < -0.4 is 10.6 Å². The van der Waals surface area contributed by atoms with Crippen LogP contribution in [-0.2, 0) is 0 Å². The molecule has 0 amide bonds. The van der Waals surface area contributed by atoms with Gasteiger partial charge in [0.1, 0.15) is 0 Å². The molecule has 0 saturated carbocycles. The summed E-state index contributed by atoms with van der Waals surface area (Å²) >= 11 is 0. The molecule has 0 heterocycles. The van der Waals surface area contributed by atoms with E-state index in [0.717, 1.165) is 11.4 Å². The monoisotopic (exact) mass is 274 g/mol. The zero-order valence-electron chi connectivity index (χ0n) is 10.5. The predicted octanol–water partition coefficient (Wildman–Crippen LogP) is 2.37. The van der Waals surface area contributed by atoms with Gasteiger partial charge in [-0.2, -0.15) is 0 Å². The van der Waals surface area contributed by atoms with Crippen molar-refractivity contribution in [1.29, 1.82) is 5.41 Å². The standard InChI is InChI=1S/C13H13N3.HNO3/c14-13(15)16(11-7-3-1-4-8-11)12-9-5-2-6-10-12;2-1(3)4/h1-10H,(H3,14,15);(H,2,3,4). The first kappa shape index (κ1) is 15.0. The number of benzene rings is 2. The minimum atomic E-state index is -1.50. The molecule has 2 aromatic rings. The van der Waals surface area contributed by atoms with Gasteiger partial charge in [-0.1, -0.05) is 36.4 Å². The van der Waals surface area contributed by atoms with Crippen LogP contribution in [0.5, 0.6) is 0 Å². The Morgan fingerprint density at radius 1 is 1.05 bits per heavy atom. The molecule has 4 N–H and O–H groups in total. The second-order valence-corrected chi connectivity index (χ2v) is 3.63. The fourth-order valence-corrected chi connectivity index (χ4v) is 1.58. The van der Waals surface area contributed by atoms with Crippen LogP contribution in [0.4, 0.5) is 11.4 Å². The van der Waals surface area contributed by atoms with Crippen LogP contribution in [-0.4, -0.2) is 16.3 Å². The highest BCUT2D eigenvalue weighted by molar-refractivity contribution is 5.99. The van der Waals surface area contributed by atoms with Crippen molar-refractivity contribution < 1.29 is 10.3 Å². The molecule has 0 atom stereocenters. The van der Waals surface area contributed by atoms with E-state index in [1.807, 2.05) is 60.7 Å². The third-order valence-electron chi connectivity index (χ3n) is 2.27. The number of anilines is 2. The summed E-state index contributed by atoms with van der Waals surface area (Å²) in [5.74, 6) is 0.0115. The first-order valence-corrected chi connectivity index (χ1v) is 5.60. The van der Waals surface area contributed by atoms with Gasteiger partial charge in [-0.25, -0.2) is 0 Å². The summed E-state index contributed by atoms with van der Waals surface area (Å²) in [6.07, 6.45) is 0. The molecule has 0 saturated heterocycles. The predicted molar refractivity (Wildman–Crippen MR) is 75.7 cm³/mol. The molecule has 20 heavy (non-hydrogen) atoms. The Morgan fingerprint density at radius 2 is 1.35 bits per heavy atom. The van der Waals surface area contributed by atoms with E-state index in [1.165, 1.54) is 0 Å². The van der Waals surface area contributed by atoms with Crippen molar-refractivity contribution in [3.63, 3.8) is 0 Å². The van der Waals surface area contributed by atoms with E-state index >= 15 is 0 Å². The van der Waals surface area contributed by atoms with Crippen LogP contribution in [0.1, 0.15) is 0 Å². The van der Waals surface area contributed by atoms with Crippen molar-refractivity contribution in [3.05, 3.63) is 70.8 Å². The molecule has 2 rings (SSSR count). The zero-order valence-corrected chi connectivity index (χ0v) is 10.5. The number of hydrogen-bond donors (Lipinski definition) is 3. The Morgan fingerprint density at radius 3 is 1.60 bits per heavy atom. The molecule has 7 heteroatoms. The molecule has 0 radical (unpaired) electrons. The van der Waals surface area contributed by atoms with E-state index in [4.69, 9.17) is 26.5 Å². The number of hydrogen-bond acceptors (Lipinski definition) is 3. The molecule has 0 aliphatic carbocycles. The summed E-state index contributed by atoms with van der Waals surface area (Å²) in [6.45, 7) is 0. The molecule has 0 aliphatic heterocycles. The van der Waals surface area contributed by atoms with Crippen LogP contribution in [0, 0.1) is 15.5 Å². The van der Waals surface area contributed by atoms with E-state index in [2.05, 4.69) is 0 Å². The number of rotatable bonds is 2. The minimum absolute atomic E-state index is 0.0115. The largest absolute Gasteiger partial charge is 0.369 e. The van der Waals surface area contributed by atoms with Crippen molar-refractivity contribution in [1.82, 2.24) is 0 Å². The first-order valence-electron chi connectivity index (χ1n) is 5.60. The molecule has 0 aliphatic rings. The Labute approximate surface area is 115 Å². The van der Waals surface area contributed by atoms with E-state index < -0.39 is 5.09 Å². The number of nitrogens with two attached hydrogens (primary N) is 1. The second-order valence-electron chi connectivity index (χ2n) is 3.63. The highest BCUT2D eigenvalue weighted by atomic mass is 16.9. The van der Waals surface area contributed by atoms with E-state index in [-0.39, 0.29) is 5.96 Å². The van der Waals surface area contributed by atoms with Gasteiger partial charge in [-0.3, -0.25) is 10.3 Å². The summed E-state index contributed by atoms with van der Waals surface area (Å²) in [5, 5.41) is 21.3. The smallest absolute Gasteiger partial charge is 0.291 e. The summed E-state index contributed by atoms with van der Waals surface area (Å²) in [5.41, 5.74) is 7.39. The van der Waals surface area contributed by atoms with Gasteiger partial charge in [-0.15, -0.1) is 10.1 Å². The maximum atomic E-state index is 8.36. The quantitative estimate of drug-likeness (QED) is 0.336. The van der Waals surface area contributed by atoms with Gasteiger partial charge in [0.25, 0.3) is 5.09 Å². The number of nitrogens with one attached hydrogen (secondary N) is 1. The highest BCUT2D eigenvalue weighted by Gasteiger charge is 2.10. The number of guanidine groups is 1. The highest BCUT2D eigenvalue weighted by Crippen LogP contribution is 2.23. The molecular formula is C13H14N4O3. The van der Waals surface area contributed by atoms with Crippen LogP contribution >= 0.6 is 0 Å². The van der Waals surface area contributed by atoms with E-state index in [9.17, 15) is 0 Å². The number of nitrogens with zero attached hydrogens (tertiary/aromatic N) is 2. The van der Waals surface area contributed by atoms with Gasteiger partial charge in [-0.05, 0) is 24.3 Å². The fourth-order valence-electron chi connectivity index (χ4n) is 1.58. The van der Waals surface area contributed by atoms with Gasteiger partial charge in [0.05, 0.1) is 0 Å². The average Bonchev–Trinajstić information content (AvgIpc) is 2.40. The lowest BCUT2D eigenvalue weighted by molar-refractivity contribution is -0.742. The topological polar surface area (TPSA) is 116 Å². The number of para-hydroxylation sites is 2. The third kappa shape index (κ3) is 4.65. The van der Waals surface area contributed by atoms with Crippen molar-refractivity contribution in [3.8, 4) is 0 Å². The molecule has 0 unspecified atom stereocenters. The van der Waals surface area contributed by atoms with E-state index in [1.54, 1.807) is 4.90 Å². The van der Waals surface area contributed by atoms with Gasteiger partial charge in [0, 0.05) is 11.4 Å². The lowest BCUT2D eigenvalue weighted by Crippen LogP contribution is -2.32. The molecule has 0 spiro atoms. The fraction of sp³-hybridized carbons (Fsp3) is 0. The summed E-state index contributed by atoms with van der Waals surface area (Å²) < 4.78 is 0. The Balaban J connectivity index is 0.000000444. The van der Waals surface area contributed by atoms with Gasteiger partial charge >= 0.3 is 0 Å². The van der Waals surface area contributed by atoms with Crippen molar-refractivity contribution in [2.75, 3.05) is 4.90 Å². The SMILES string of the molecule is N=C(N)N(c1ccccc1)c1ccccc1.O=[N+]([O-])O. The van der Waals surface area contributed by atoms with E-state index in [0.29, 0.717) is 0 Å². The Hall–Kier alpha value is -3.09. The maximum Gasteiger partial charge on any atom is 0.291 e. The minimum Gasteiger partial charge on any atom is -0.369 e. The summed E-state index contributed by atoms with van der Waals surface area (Å²) in [6, 6.07) is 19.3. The molecule has 0 bridgehead atoms. The molecule has 0 fully saturated rings. The van der Waals surface area contributed by atoms with Crippen molar-refractivity contribution in [2.45, 2.75) is 0 Å². The Bertz CT molecular complexity index is 517. The summed E-state index contributed by atoms with van der Waals surface area (Å²) in [4.78, 5) is 10.1. The molecule has 7 nitrogen and oxygen atoms in total. The third-order valence-corrected chi connectivity index (χ3v) is 2.27. The van der Waals surface area contributed by atoms with Gasteiger partial charge < -0.3 is 10.9 Å². The maximum absolute atomic E-state index is 8.36. The lowest BCUT2D eigenvalue weighted by Gasteiger charge is -2.22. The normalized spacial score (nSPS) is 9.00. The molecule has 104 valence electrons. The lowest BCUT2D eigenvalue weighted by atomic mass is 10.2. The second kappa shape index (κ2) is 7.37. The van der Waals surface area contributed by atoms with Crippen molar-refractivity contribution >= 4 is 17.3 Å². The average molecular weight is 274 g/mol. The van der Waals surface area contributed by atoms with Gasteiger partial charge in [0.2, 0.25) is 0 Å². The van der Waals surface area contributed by atoms with Crippen LogP contribution in [0.3, 0.4) is 0 Å². The van der Waals surface area contributed by atoms with Crippen LogP contribution in [0.15, 0.2) is 60.7 Å². The summed E-state index contributed by atoms with van der Waals surface area (Å²) in [7, 11) is 0. The molecular weight excluding hydrogens is 260 g/mol. The van der Waals surface area contributed by atoms with Crippen LogP contribution in [0.25, 0.3) is 0 Å². The van der Waals surface area contributed by atoms with Crippen LogP contribution in [0.2, 0.25) is 0 Å². The zero-order chi connectivity index (χ0) is 15.0. The van der Waals surface area contributed by atoms with Gasteiger partial charge in [0.15, 0.2) is 5.96 Å².